The van der Waals surface area contributed by atoms with E-state index in [-0.39, 0.29) is 24.8 Å². The summed E-state index contributed by atoms with van der Waals surface area (Å²) in [6.45, 7) is -0.682. The quantitative estimate of drug-likeness (QED) is 0.174. The Bertz CT molecular complexity index is 501. The summed E-state index contributed by atoms with van der Waals surface area (Å²) < 4.78 is 4.92. The molecule has 0 saturated carbocycles. The molecule has 152 valence electrons. The van der Waals surface area contributed by atoms with E-state index >= 15 is 0 Å². The summed E-state index contributed by atoms with van der Waals surface area (Å²) in [4.78, 5) is 11.5. The van der Waals surface area contributed by atoms with Crippen LogP contribution in [-0.4, -0.2) is 41.2 Å². The van der Waals surface area contributed by atoms with E-state index in [1.807, 2.05) is 0 Å². The van der Waals surface area contributed by atoms with Crippen LogP contribution >= 0.6 is 0 Å². The minimum absolute atomic E-state index is 0.128. The summed E-state index contributed by atoms with van der Waals surface area (Å²) in [7, 11) is 0. The minimum Gasteiger partial charge on any atom is -0.457 e. The number of hydrogen-bond acceptors (Lipinski definition) is 6. The third-order valence-electron chi connectivity index (χ3n) is 4.62. The Hall–Kier alpha value is -1.71. The second-order valence-electron chi connectivity index (χ2n) is 7.03. The van der Waals surface area contributed by atoms with E-state index in [1.165, 1.54) is 0 Å². The third kappa shape index (κ3) is 11.6. The average molecular weight is 379 g/mol. The summed E-state index contributed by atoms with van der Waals surface area (Å²) in [6.07, 6.45) is 20.3. The summed E-state index contributed by atoms with van der Waals surface area (Å²) in [6, 6.07) is 0. The van der Waals surface area contributed by atoms with Gasteiger partial charge in [0.25, 0.3) is 0 Å². The van der Waals surface area contributed by atoms with Crippen LogP contribution in [-0.2, 0) is 9.53 Å². The molecule has 1 rings (SSSR count). The number of hydrogen-bond donors (Lipinski definition) is 2. The summed E-state index contributed by atoms with van der Waals surface area (Å²) >= 11 is 0. The number of aliphatic hydroxyl groups is 2. The van der Waals surface area contributed by atoms with E-state index in [4.69, 9.17) is 21.4 Å². The van der Waals surface area contributed by atoms with Crippen LogP contribution in [0.4, 0.5) is 0 Å². The van der Waals surface area contributed by atoms with Crippen LogP contribution in [0.1, 0.15) is 77.0 Å². The summed E-state index contributed by atoms with van der Waals surface area (Å²) in [5.41, 5.74) is -0.128. The van der Waals surface area contributed by atoms with Crippen molar-refractivity contribution in [2.45, 2.75) is 88.8 Å². The molecular formula is C21H34N2O4. The van der Waals surface area contributed by atoms with Gasteiger partial charge in [-0.15, -0.1) is 12.3 Å². The Balaban J connectivity index is 1.89. The van der Waals surface area contributed by atoms with Crippen LogP contribution in [0.2, 0.25) is 0 Å². The van der Waals surface area contributed by atoms with Gasteiger partial charge in [0.2, 0.25) is 0 Å². The Morgan fingerprint density at radius 2 is 1.67 bits per heavy atom. The van der Waals surface area contributed by atoms with E-state index in [1.54, 1.807) is 0 Å². The fourth-order valence-corrected chi connectivity index (χ4v) is 2.86. The van der Waals surface area contributed by atoms with Gasteiger partial charge >= 0.3 is 5.97 Å². The number of unbranched alkanes of at least 4 members (excludes halogenated alkanes) is 6. The first-order valence-electron chi connectivity index (χ1n) is 10.1. The van der Waals surface area contributed by atoms with Crippen molar-refractivity contribution < 1.29 is 19.7 Å². The minimum atomic E-state index is -0.788. The highest BCUT2D eigenvalue weighted by atomic mass is 16.6. The topological polar surface area (TPSA) is 91.5 Å². The van der Waals surface area contributed by atoms with Crippen LogP contribution in [0.15, 0.2) is 22.4 Å². The van der Waals surface area contributed by atoms with Gasteiger partial charge in [0.1, 0.15) is 6.10 Å². The molecule has 1 aliphatic rings. The maximum Gasteiger partial charge on any atom is 0.306 e. The van der Waals surface area contributed by atoms with Crippen LogP contribution in [0.3, 0.4) is 0 Å². The molecule has 0 atom stereocenters. The lowest BCUT2D eigenvalue weighted by Gasteiger charge is -2.12. The molecule has 1 heterocycles. The van der Waals surface area contributed by atoms with Gasteiger partial charge in [0.05, 0.1) is 13.2 Å². The highest BCUT2D eigenvalue weighted by Gasteiger charge is 2.37. The number of allylic oxidation sites excluding steroid dienone is 2. The second kappa shape index (κ2) is 14.4. The largest absolute Gasteiger partial charge is 0.457 e. The SMILES string of the molecule is C#CCCCC1(CC/C=C\CCCCCCCC(=O)OC(CO)CO)N=N1. The first-order valence-corrected chi connectivity index (χ1v) is 10.1. The van der Waals surface area contributed by atoms with Gasteiger partial charge in [-0.25, -0.2) is 0 Å². The predicted molar refractivity (Wildman–Crippen MR) is 105 cm³/mol. The lowest BCUT2D eigenvalue weighted by Crippen LogP contribution is -2.25. The molecule has 1 aliphatic heterocycles. The summed E-state index contributed by atoms with van der Waals surface area (Å²) in [5.74, 6) is 2.31. The van der Waals surface area contributed by atoms with E-state index in [0.29, 0.717) is 6.42 Å². The molecule has 0 aromatic heterocycles. The fraction of sp³-hybridized carbons (Fsp3) is 0.762. The van der Waals surface area contributed by atoms with Gasteiger partial charge in [-0.1, -0.05) is 31.4 Å². The molecule has 0 aromatic carbocycles. The standard InChI is InChI=1S/C21H34N2O4/c1-2-3-12-15-21(22-23-21)16-13-10-8-6-4-5-7-9-11-14-20(26)27-19(17-24)18-25/h1,8,10,19,24-25H,3-7,9,11-18H2/b10-8-. The van der Waals surface area contributed by atoms with Gasteiger partial charge in [0, 0.05) is 12.8 Å². The van der Waals surface area contributed by atoms with Gasteiger partial charge in [-0.05, 0) is 44.9 Å². The van der Waals surface area contributed by atoms with Crippen molar-refractivity contribution in [1.82, 2.24) is 0 Å². The van der Waals surface area contributed by atoms with Crippen molar-refractivity contribution in [2.24, 2.45) is 10.2 Å². The highest BCUT2D eigenvalue weighted by Crippen LogP contribution is 2.38. The Kier molecular flexibility index (Phi) is 12.4. The smallest absolute Gasteiger partial charge is 0.306 e. The first kappa shape index (κ1) is 23.3. The van der Waals surface area contributed by atoms with E-state index in [2.05, 4.69) is 28.3 Å². The number of aliphatic hydroxyl groups excluding tert-OH is 2. The molecule has 0 spiro atoms. The molecule has 2 N–H and O–H groups in total. The van der Waals surface area contributed by atoms with Crippen molar-refractivity contribution in [3.05, 3.63) is 12.2 Å². The number of carbonyl (C=O) groups is 1. The van der Waals surface area contributed by atoms with Crippen LogP contribution in [0.25, 0.3) is 0 Å². The lowest BCUT2D eigenvalue weighted by molar-refractivity contribution is -0.153. The molecule has 0 radical (unpaired) electrons. The number of esters is 1. The lowest BCUT2D eigenvalue weighted by atomic mass is 10.0. The molecule has 6 nitrogen and oxygen atoms in total. The molecule has 0 aliphatic carbocycles. The van der Waals surface area contributed by atoms with Crippen molar-refractivity contribution in [2.75, 3.05) is 13.2 Å². The number of nitrogens with zero attached hydrogens (tertiary/aromatic N) is 2. The molecule has 0 unspecified atom stereocenters. The molecule has 0 aromatic rings. The Morgan fingerprint density at radius 1 is 1.00 bits per heavy atom. The number of rotatable bonds is 17. The van der Waals surface area contributed by atoms with Crippen molar-refractivity contribution >= 4 is 5.97 Å². The molecule has 0 saturated heterocycles. The first-order chi connectivity index (χ1) is 13.2. The number of terminal acetylenes is 1. The molecular weight excluding hydrogens is 344 g/mol. The Labute approximate surface area is 163 Å². The van der Waals surface area contributed by atoms with Gasteiger partial charge in [-0.3, -0.25) is 4.79 Å². The zero-order valence-corrected chi connectivity index (χ0v) is 16.3. The second-order valence-corrected chi connectivity index (χ2v) is 7.03. The normalized spacial score (nSPS) is 14.6. The maximum atomic E-state index is 11.5. The predicted octanol–water partition coefficient (Wildman–Crippen LogP) is 3.92. The average Bonchev–Trinajstić information content (AvgIpc) is 3.44. The highest BCUT2D eigenvalue weighted by molar-refractivity contribution is 5.69. The van der Waals surface area contributed by atoms with Gasteiger partial charge < -0.3 is 14.9 Å². The van der Waals surface area contributed by atoms with Gasteiger partial charge in [-0.2, -0.15) is 10.2 Å². The van der Waals surface area contributed by atoms with Crippen LogP contribution < -0.4 is 0 Å². The van der Waals surface area contributed by atoms with Crippen LogP contribution in [0, 0.1) is 12.3 Å². The van der Waals surface area contributed by atoms with E-state index in [0.717, 1.165) is 70.6 Å². The fourth-order valence-electron chi connectivity index (χ4n) is 2.86. The molecule has 0 fully saturated rings. The zero-order chi connectivity index (χ0) is 19.8. The van der Waals surface area contributed by atoms with Crippen molar-refractivity contribution in [1.29, 1.82) is 0 Å². The zero-order valence-electron chi connectivity index (χ0n) is 16.3. The monoisotopic (exact) mass is 378 g/mol. The number of ether oxygens (including phenoxy) is 1. The van der Waals surface area contributed by atoms with Crippen molar-refractivity contribution in [3.8, 4) is 12.3 Å². The molecule has 27 heavy (non-hydrogen) atoms. The molecule has 6 heteroatoms. The molecule has 0 bridgehead atoms. The summed E-state index contributed by atoms with van der Waals surface area (Å²) in [5, 5.41) is 26.1. The Morgan fingerprint density at radius 3 is 2.33 bits per heavy atom. The molecule has 0 amide bonds. The maximum absolute atomic E-state index is 11.5. The van der Waals surface area contributed by atoms with Gasteiger partial charge in [0.15, 0.2) is 5.66 Å². The van der Waals surface area contributed by atoms with E-state index in [9.17, 15) is 4.79 Å². The van der Waals surface area contributed by atoms with Crippen molar-refractivity contribution in [3.63, 3.8) is 0 Å². The number of carbonyl (C=O) groups excluding carboxylic acids is 1. The van der Waals surface area contributed by atoms with E-state index < -0.39 is 6.10 Å². The third-order valence-corrected chi connectivity index (χ3v) is 4.62. The van der Waals surface area contributed by atoms with Crippen LogP contribution in [0.5, 0.6) is 0 Å².